The number of aromatic amines is 2. The van der Waals surface area contributed by atoms with Crippen molar-refractivity contribution in [2.75, 3.05) is 32.7 Å². The number of piperazine rings is 1. The van der Waals surface area contributed by atoms with E-state index in [1.807, 2.05) is 26.1 Å². The molecular formula is C22H28N6O3S. The molecule has 0 bridgehead atoms. The summed E-state index contributed by atoms with van der Waals surface area (Å²) in [5, 5.41) is 10.5. The number of H-pyrrole nitrogens is 2. The summed E-state index contributed by atoms with van der Waals surface area (Å²) in [5.41, 5.74) is 1.87. The Hall–Kier alpha value is -3.11. The van der Waals surface area contributed by atoms with Crippen molar-refractivity contribution in [2.24, 2.45) is 0 Å². The Morgan fingerprint density at radius 2 is 2.03 bits per heavy atom. The Morgan fingerprint density at radius 3 is 2.62 bits per heavy atom. The first-order chi connectivity index (χ1) is 15.4. The summed E-state index contributed by atoms with van der Waals surface area (Å²) < 4.78 is 7.32. The number of aromatic hydroxyl groups is 1. The average molecular weight is 457 g/mol. The van der Waals surface area contributed by atoms with E-state index in [2.05, 4.69) is 25.9 Å². The van der Waals surface area contributed by atoms with E-state index in [-0.39, 0.29) is 17.9 Å². The molecule has 4 rings (SSSR count). The van der Waals surface area contributed by atoms with Gasteiger partial charge in [-0.1, -0.05) is 13.8 Å². The van der Waals surface area contributed by atoms with Crippen LogP contribution in [0.25, 0.3) is 5.82 Å². The predicted molar refractivity (Wildman–Crippen MR) is 123 cm³/mol. The first kappa shape index (κ1) is 22.1. The third-order valence-electron chi connectivity index (χ3n) is 5.62. The molecule has 1 saturated heterocycles. The summed E-state index contributed by atoms with van der Waals surface area (Å²) >= 11 is 5.31. The molecule has 0 aromatic carbocycles. The van der Waals surface area contributed by atoms with Gasteiger partial charge in [0.2, 0.25) is 5.88 Å². The number of amides is 1. The van der Waals surface area contributed by atoms with Gasteiger partial charge in [0, 0.05) is 51.0 Å². The largest absolute Gasteiger partial charge is 0.493 e. The quantitative estimate of drug-likeness (QED) is 0.491. The van der Waals surface area contributed by atoms with Crippen LogP contribution in [0.2, 0.25) is 0 Å². The van der Waals surface area contributed by atoms with Gasteiger partial charge in [-0.2, -0.15) is 0 Å². The number of imidazole rings is 1. The maximum atomic E-state index is 12.5. The van der Waals surface area contributed by atoms with Gasteiger partial charge in [-0.3, -0.25) is 4.90 Å². The Balaban J connectivity index is 1.31. The summed E-state index contributed by atoms with van der Waals surface area (Å²) in [4.78, 5) is 27.1. The summed E-state index contributed by atoms with van der Waals surface area (Å²) in [7, 11) is 0. The molecule has 1 aliphatic heterocycles. The van der Waals surface area contributed by atoms with Crippen LogP contribution in [0.4, 0.5) is 4.79 Å². The zero-order valence-corrected chi connectivity index (χ0v) is 19.1. The van der Waals surface area contributed by atoms with Crippen LogP contribution in [0, 0.1) is 4.77 Å². The van der Waals surface area contributed by atoms with E-state index in [4.69, 9.17) is 17.0 Å². The molecule has 1 aliphatic rings. The second-order valence-corrected chi connectivity index (χ2v) is 8.54. The van der Waals surface area contributed by atoms with Gasteiger partial charge < -0.3 is 24.7 Å². The number of nitrogens with one attached hydrogen (secondary N) is 2. The minimum atomic E-state index is -0.383. The van der Waals surface area contributed by atoms with Crippen LogP contribution in [0.1, 0.15) is 31.2 Å². The summed E-state index contributed by atoms with van der Waals surface area (Å²) in [6.45, 7) is 7.76. The highest BCUT2D eigenvalue weighted by atomic mass is 32.1. The molecule has 3 aromatic heterocycles. The van der Waals surface area contributed by atoms with Gasteiger partial charge in [0.05, 0.1) is 11.9 Å². The fraction of sp³-hybridized carbons (Fsp3) is 0.409. The molecule has 10 heteroatoms. The van der Waals surface area contributed by atoms with Crippen LogP contribution in [-0.4, -0.2) is 73.2 Å². The number of rotatable bonds is 6. The number of pyridine rings is 1. The summed E-state index contributed by atoms with van der Waals surface area (Å²) in [6.07, 6.45) is 3.98. The molecule has 9 nitrogen and oxygen atoms in total. The lowest BCUT2D eigenvalue weighted by atomic mass is 10.1. The summed E-state index contributed by atoms with van der Waals surface area (Å²) in [6, 6.07) is 7.40. The van der Waals surface area contributed by atoms with Crippen molar-refractivity contribution < 1.29 is 14.6 Å². The van der Waals surface area contributed by atoms with E-state index in [1.165, 1.54) is 16.5 Å². The van der Waals surface area contributed by atoms with Crippen LogP contribution in [0.3, 0.4) is 0 Å². The van der Waals surface area contributed by atoms with Gasteiger partial charge in [0.25, 0.3) is 0 Å². The Labute approximate surface area is 191 Å². The second-order valence-electron chi connectivity index (χ2n) is 8.15. The zero-order chi connectivity index (χ0) is 22.7. The molecule has 32 heavy (non-hydrogen) atoms. The van der Waals surface area contributed by atoms with Crippen LogP contribution in [0.5, 0.6) is 11.6 Å². The molecule has 3 N–H and O–H groups in total. The first-order valence-corrected chi connectivity index (χ1v) is 11.1. The average Bonchev–Trinajstić information content (AvgIpc) is 3.41. The molecule has 0 saturated carbocycles. The minimum absolute atomic E-state index is 0.0383. The standard InChI is InChI=1S/C22H28N6O3S/c1-15(2)19-20(29)28(21(32)25-19)18-6-5-17(14-24-18)31-22(30)27-12-10-26(11-13-27)9-7-16-4-3-8-23-16/h3-6,8,14-15,23,29H,7,9-13H2,1-2H3,(H,25,32). The number of hydrogen-bond donors (Lipinski definition) is 3. The molecule has 0 aliphatic carbocycles. The van der Waals surface area contributed by atoms with Crippen molar-refractivity contribution in [3.63, 3.8) is 0 Å². The number of carbonyl (C=O) groups is 1. The van der Waals surface area contributed by atoms with Crippen LogP contribution in [0.15, 0.2) is 36.7 Å². The van der Waals surface area contributed by atoms with Crippen LogP contribution < -0.4 is 4.74 Å². The second kappa shape index (κ2) is 9.58. The normalized spacial score (nSPS) is 14.8. The number of hydrogen-bond acceptors (Lipinski definition) is 6. The van der Waals surface area contributed by atoms with E-state index in [0.717, 1.165) is 26.1 Å². The number of aromatic nitrogens is 4. The smallest absolute Gasteiger partial charge is 0.415 e. The Morgan fingerprint density at radius 1 is 1.25 bits per heavy atom. The van der Waals surface area contributed by atoms with Gasteiger partial charge in [0.15, 0.2) is 10.5 Å². The van der Waals surface area contributed by atoms with Crippen molar-refractivity contribution in [1.29, 1.82) is 0 Å². The summed E-state index contributed by atoms with van der Waals surface area (Å²) in [5.74, 6) is 0.924. The van der Waals surface area contributed by atoms with Crippen molar-refractivity contribution in [3.8, 4) is 17.4 Å². The molecular weight excluding hydrogens is 428 g/mol. The van der Waals surface area contributed by atoms with E-state index in [1.54, 1.807) is 17.0 Å². The van der Waals surface area contributed by atoms with Crippen LogP contribution in [-0.2, 0) is 6.42 Å². The molecule has 1 fully saturated rings. The van der Waals surface area contributed by atoms with Gasteiger partial charge >= 0.3 is 6.09 Å². The van der Waals surface area contributed by atoms with Crippen molar-refractivity contribution in [1.82, 2.24) is 29.3 Å². The highest BCUT2D eigenvalue weighted by molar-refractivity contribution is 7.71. The van der Waals surface area contributed by atoms with Gasteiger partial charge in [-0.05, 0) is 42.4 Å². The molecule has 0 radical (unpaired) electrons. The van der Waals surface area contributed by atoms with Gasteiger partial charge in [0.1, 0.15) is 5.82 Å². The third kappa shape index (κ3) is 4.86. The highest BCUT2D eigenvalue weighted by Gasteiger charge is 2.23. The number of ether oxygens (including phenoxy) is 1. The SMILES string of the molecule is CC(C)c1[nH]c(=S)n(-c2ccc(OC(=O)N3CCN(CCc4ccc[nH]4)CC3)cn2)c1O. The van der Waals surface area contributed by atoms with E-state index >= 15 is 0 Å². The van der Waals surface area contributed by atoms with E-state index in [9.17, 15) is 9.90 Å². The predicted octanol–water partition coefficient (Wildman–Crippen LogP) is 3.45. The minimum Gasteiger partial charge on any atom is -0.493 e. The lowest BCUT2D eigenvalue weighted by Crippen LogP contribution is -2.49. The molecule has 4 heterocycles. The lowest BCUT2D eigenvalue weighted by Gasteiger charge is -2.33. The van der Waals surface area contributed by atoms with E-state index in [0.29, 0.717) is 35.1 Å². The molecule has 3 aromatic rings. The maximum Gasteiger partial charge on any atom is 0.415 e. The molecule has 170 valence electrons. The van der Waals surface area contributed by atoms with E-state index < -0.39 is 0 Å². The molecule has 0 unspecified atom stereocenters. The third-order valence-corrected chi connectivity index (χ3v) is 5.90. The number of nitrogens with zero attached hydrogens (tertiary/aromatic N) is 4. The molecule has 0 atom stereocenters. The Kier molecular flexibility index (Phi) is 6.61. The number of carbonyl (C=O) groups excluding carboxylic acids is 1. The van der Waals surface area contributed by atoms with Crippen molar-refractivity contribution in [3.05, 3.63) is 52.8 Å². The van der Waals surface area contributed by atoms with Crippen molar-refractivity contribution in [2.45, 2.75) is 26.2 Å². The maximum absolute atomic E-state index is 12.5. The Bertz CT molecular complexity index is 1100. The topological polar surface area (TPSA) is 102 Å². The zero-order valence-electron chi connectivity index (χ0n) is 18.2. The van der Waals surface area contributed by atoms with Gasteiger partial charge in [-0.15, -0.1) is 0 Å². The van der Waals surface area contributed by atoms with Gasteiger partial charge in [-0.25, -0.2) is 14.3 Å². The highest BCUT2D eigenvalue weighted by Crippen LogP contribution is 2.27. The van der Waals surface area contributed by atoms with Crippen LogP contribution >= 0.6 is 12.2 Å². The fourth-order valence-corrected chi connectivity index (χ4v) is 4.03. The van der Waals surface area contributed by atoms with Crippen molar-refractivity contribution >= 4 is 18.3 Å². The monoisotopic (exact) mass is 456 g/mol. The lowest BCUT2D eigenvalue weighted by molar-refractivity contribution is 0.111. The molecule has 1 amide bonds. The first-order valence-electron chi connectivity index (χ1n) is 10.7. The fourth-order valence-electron chi connectivity index (χ4n) is 3.74. The molecule has 0 spiro atoms.